The van der Waals surface area contributed by atoms with Crippen LogP contribution in [0.1, 0.15) is 35.9 Å². The van der Waals surface area contributed by atoms with Gasteiger partial charge in [0.25, 0.3) is 0 Å². The average Bonchev–Trinajstić information content (AvgIpc) is 2.75. The third kappa shape index (κ3) is 2.38. The van der Waals surface area contributed by atoms with Crippen molar-refractivity contribution in [2.24, 2.45) is 0 Å². The molecular weight excluding hydrogens is 270 g/mol. The number of carbonyl (C=O) groups is 1. The van der Waals surface area contributed by atoms with E-state index in [0.29, 0.717) is 0 Å². The molecule has 2 rings (SSSR count). The maximum absolute atomic E-state index is 11.4. The van der Waals surface area contributed by atoms with Gasteiger partial charge in [0.15, 0.2) is 6.29 Å². The first-order valence-corrected chi connectivity index (χ1v) is 7.94. The lowest BCUT2D eigenvalue weighted by Crippen LogP contribution is -2.21. The lowest BCUT2D eigenvalue weighted by molar-refractivity contribution is 0.0785. The fourth-order valence-corrected chi connectivity index (χ4v) is 3.08. The van der Waals surface area contributed by atoms with Crippen LogP contribution in [0.4, 0.5) is 0 Å². The maximum Gasteiger partial charge on any atom is 0.152 e. The van der Waals surface area contributed by atoms with Crippen LogP contribution >= 0.6 is 11.8 Å². The van der Waals surface area contributed by atoms with Crippen molar-refractivity contribution in [1.82, 2.24) is 4.57 Å². The van der Waals surface area contributed by atoms with Crippen LogP contribution in [0, 0.1) is 6.92 Å². The van der Waals surface area contributed by atoms with Gasteiger partial charge < -0.3 is 9.30 Å². The Bertz CT molecular complexity index is 633. The van der Waals surface area contributed by atoms with Gasteiger partial charge >= 0.3 is 0 Å². The highest BCUT2D eigenvalue weighted by Crippen LogP contribution is 2.32. The van der Waals surface area contributed by atoms with Crippen LogP contribution in [0.2, 0.25) is 0 Å². The SMILES string of the molecule is COC(C)C(C)n1c(C)c(C=O)c2ccc(SC)cc21. The van der Waals surface area contributed by atoms with Crippen LogP contribution in [-0.4, -0.2) is 30.3 Å². The van der Waals surface area contributed by atoms with Crippen LogP contribution in [0.15, 0.2) is 23.1 Å². The molecule has 0 saturated heterocycles. The molecule has 0 radical (unpaired) electrons. The highest BCUT2D eigenvalue weighted by atomic mass is 32.2. The minimum Gasteiger partial charge on any atom is -0.380 e. The molecule has 3 nitrogen and oxygen atoms in total. The molecule has 0 fully saturated rings. The van der Waals surface area contributed by atoms with Crippen molar-refractivity contribution in [3.63, 3.8) is 0 Å². The molecule has 2 atom stereocenters. The van der Waals surface area contributed by atoms with Crippen LogP contribution in [0.3, 0.4) is 0 Å². The zero-order chi connectivity index (χ0) is 14.9. The normalized spacial score (nSPS) is 14.4. The number of carbonyl (C=O) groups excluding carboxylic acids is 1. The van der Waals surface area contributed by atoms with Gasteiger partial charge in [-0.2, -0.15) is 0 Å². The number of aromatic nitrogens is 1. The maximum atomic E-state index is 11.4. The number of benzene rings is 1. The largest absolute Gasteiger partial charge is 0.380 e. The quantitative estimate of drug-likeness (QED) is 0.614. The molecule has 0 saturated carbocycles. The summed E-state index contributed by atoms with van der Waals surface area (Å²) in [5.41, 5.74) is 2.89. The van der Waals surface area contributed by atoms with Gasteiger partial charge in [0.05, 0.1) is 17.7 Å². The second-order valence-electron chi connectivity index (χ2n) is 5.05. The van der Waals surface area contributed by atoms with Crippen LogP contribution in [0.25, 0.3) is 10.9 Å². The Labute approximate surface area is 124 Å². The van der Waals surface area contributed by atoms with Crippen LogP contribution in [0.5, 0.6) is 0 Å². The predicted octanol–water partition coefficient (Wildman–Crippen LogP) is 4.08. The van der Waals surface area contributed by atoms with Crippen molar-refractivity contribution >= 4 is 29.0 Å². The second kappa shape index (κ2) is 6.02. The summed E-state index contributed by atoms with van der Waals surface area (Å²) in [4.78, 5) is 12.6. The first-order chi connectivity index (χ1) is 9.54. The molecule has 4 heteroatoms. The molecule has 1 aromatic carbocycles. The molecule has 1 heterocycles. The van der Waals surface area contributed by atoms with E-state index in [1.54, 1.807) is 18.9 Å². The van der Waals surface area contributed by atoms with Crippen molar-refractivity contribution in [3.8, 4) is 0 Å². The smallest absolute Gasteiger partial charge is 0.152 e. The number of fused-ring (bicyclic) bond motifs is 1. The van der Waals surface area contributed by atoms with Gasteiger partial charge in [0, 0.05) is 28.6 Å². The summed E-state index contributed by atoms with van der Waals surface area (Å²) in [6.45, 7) is 6.18. The molecule has 0 spiro atoms. The van der Waals surface area contributed by atoms with Crippen molar-refractivity contribution in [3.05, 3.63) is 29.5 Å². The number of hydrogen-bond acceptors (Lipinski definition) is 3. The molecule has 0 aliphatic heterocycles. The number of rotatable bonds is 5. The van der Waals surface area contributed by atoms with E-state index < -0.39 is 0 Å². The summed E-state index contributed by atoms with van der Waals surface area (Å²) >= 11 is 1.71. The standard InChI is InChI=1S/C16H21NO2S/c1-10(12(3)19-4)17-11(2)15(9-18)14-7-6-13(20-5)8-16(14)17/h6-10,12H,1-5H3. The Balaban J connectivity index is 2.74. The highest BCUT2D eigenvalue weighted by molar-refractivity contribution is 7.98. The number of ether oxygens (including phenoxy) is 1. The molecule has 1 aromatic heterocycles. The van der Waals surface area contributed by atoms with Gasteiger partial charge in [-0.15, -0.1) is 11.8 Å². The van der Waals surface area contributed by atoms with E-state index in [1.165, 1.54) is 4.90 Å². The Kier molecular flexibility index (Phi) is 4.55. The van der Waals surface area contributed by atoms with Crippen LogP contribution < -0.4 is 0 Å². The molecular formula is C16H21NO2S. The number of thioether (sulfide) groups is 1. The molecule has 0 aliphatic rings. The van der Waals surface area contributed by atoms with Gasteiger partial charge in [0.1, 0.15) is 0 Å². The lowest BCUT2D eigenvalue weighted by Gasteiger charge is -2.23. The molecule has 0 bridgehead atoms. The number of methoxy groups -OCH3 is 1. The summed E-state index contributed by atoms with van der Waals surface area (Å²) in [6, 6.07) is 6.43. The molecule has 2 unspecified atom stereocenters. The summed E-state index contributed by atoms with van der Waals surface area (Å²) in [5.74, 6) is 0. The minimum absolute atomic E-state index is 0.0849. The fourth-order valence-electron chi connectivity index (χ4n) is 2.65. The lowest BCUT2D eigenvalue weighted by atomic mass is 10.1. The predicted molar refractivity (Wildman–Crippen MR) is 85.0 cm³/mol. The number of hydrogen-bond donors (Lipinski definition) is 0. The third-order valence-corrected chi connectivity index (χ3v) is 4.81. The van der Waals surface area contributed by atoms with E-state index in [9.17, 15) is 4.79 Å². The summed E-state index contributed by atoms with van der Waals surface area (Å²) in [6.07, 6.45) is 3.10. The molecule has 0 aliphatic carbocycles. The Morgan fingerprint density at radius 1 is 1.35 bits per heavy atom. The fraction of sp³-hybridized carbons (Fsp3) is 0.438. The first kappa shape index (κ1) is 15.1. The zero-order valence-corrected chi connectivity index (χ0v) is 13.5. The van der Waals surface area contributed by atoms with Crippen molar-refractivity contribution in [2.75, 3.05) is 13.4 Å². The molecule has 108 valence electrons. The minimum atomic E-state index is 0.0849. The van der Waals surface area contributed by atoms with Gasteiger partial charge in [-0.1, -0.05) is 6.07 Å². The summed E-state index contributed by atoms with van der Waals surface area (Å²) in [7, 11) is 1.72. The van der Waals surface area contributed by atoms with E-state index in [2.05, 4.69) is 36.8 Å². The Morgan fingerprint density at radius 2 is 2.05 bits per heavy atom. The molecule has 2 aromatic rings. The number of nitrogens with zero attached hydrogens (tertiary/aromatic N) is 1. The van der Waals surface area contributed by atoms with Gasteiger partial charge in [-0.3, -0.25) is 4.79 Å². The molecule has 20 heavy (non-hydrogen) atoms. The van der Waals surface area contributed by atoms with Gasteiger partial charge in [-0.05, 0) is 39.2 Å². The first-order valence-electron chi connectivity index (χ1n) is 6.71. The summed E-state index contributed by atoms with van der Waals surface area (Å²) < 4.78 is 7.67. The average molecular weight is 291 g/mol. The highest BCUT2D eigenvalue weighted by Gasteiger charge is 2.21. The number of aldehydes is 1. The van der Waals surface area contributed by atoms with Crippen molar-refractivity contribution < 1.29 is 9.53 Å². The van der Waals surface area contributed by atoms with Gasteiger partial charge in [-0.25, -0.2) is 0 Å². The monoisotopic (exact) mass is 291 g/mol. The van der Waals surface area contributed by atoms with Gasteiger partial charge in [0.2, 0.25) is 0 Å². The van der Waals surface area contributed by atoms with E-state index in [1.807, 2.05) is 13.0 Å². The zero-order valence-electron chi connectivity index (χ0n) is 12.6. The Hall–Kier alpha value is -1.26. The molecule has 0 amide bonds. The third-order valence-electron chi connectivity index (χ3n) is 4.08. The van der Waals surface area contributed by atoms with E-state index in [4.69, 9.17) is 4.74 Å². The van der Waals surface area contributed by atoms with E-state index >= 15 is 0 Å². The summed E-state index contributed by atoms with van der Waals surface area (Å²) in [5, 5.41) is 1.02. The van der Waals surface area contributed by atoms with Crippen LogP contribution in [-0.2, 0) is 4.74 Å². The van der Waals surface area contributed by atoms with E-state index in [0.717, 1.165) is 28.4 Å². The second-order valence-corrected chi connectivity index (χ2v) is 5.93. The molecule has 0 N–H and O–H groups in total. The van der Waals surface area contributed by atoms with E-state index in [-0.39, 0.29) is 12.1 Å². The van der Waals surface area contributed by atoms with Crippen molar-refractivity contribution in [2.45, 2.75) is 37.8 Å². The Morgan fingerprint density at radius 3 is 2.60 bits per heavy atom. The van der Waals surface area contributed by atoms with Crippen molar-refractivity contribution in [1.29, 1.82) is 0 Å². The topological polar surface area (TPSA) is 31.2 Å².